The number of carbonyl (C=O) groups is 1. The molecule has 0 bridgehead atoms. The smallest absolute Gasteiger partial charge is 0.223 e. The van der Waals surface area contributed by atoms with Crippen LogP contribution >= 0.6 is 0 Å². The molecule has 0 fully saturated rings. The number of guanidine groups is 1. The van der Waals surface area contributed by atoms with Crippen LogP contribution in [-0.2, 0) is 4.79 Å². The Morgan fingerprint density at radius 1 is 1.57 bits per heavy atom. The number of aromatic hydroxyl groups is 1. The number of carbonyl (C=O) groups excluding carboxylic acids is 1. The summed E-state index contributed by atoms with van der Waals surface area (Å²) in [5, 5.41) is 31.2. The molecule has 1 aliphatic rings. The second-order valence-electron chi connectivity index (χ2n) is 4.69. The van der Waals surface area contributed by atoms with Gasteiger partial charge in [-0.3, -0.25) is 10.1 Å². The van der Waals surface area contributed by atoms with Gasteiger partial charge in [0, 0.05) is 31.7 Å². The molecule has 0 radical (unpaired) electrons. The van der Waals surface area contributed by atoms with Crippen molar-refractivity contribution in [1.82, 2.24) is 10.2 Å². The van der Waals surface area contributed by atoms with E-state index in [1.807, 2.05) is 0 Å². The Kier molecular flexibility index (Phi) is 4.22. The molecule has 21 heavy (non-hydrogen) atoms. The van der Waals surface area contributed by atoms with Crippen molar-refractivity contribution < 1.29 is 20.3 Å². The average Bonchev–Trinajstić information content (AvgIpc) is 2.71. The molecule has 1 aliphatic heterocycles. The van der Waals surface area contributed by atoms with Crippen LogP contribution in [0.3, 0.4) is 0 Å². The number of benzene rings is 1. The molecule has 4 N–H and O–H groups in total. The zero-order valence-electron chi connectivity index (χ0n) is 11.6. The van der Waals surface area contributed by atoms with Crippen molar-refractivity contribution in [3.63, 3.8) is 0 Å². The van der Waals surface area contributed by atoms with E-state index < -0.39 is 5.23 Å². The standard InChI is InChI=1S/C13H16N4O4/c1-8(18)14-13-15-10(7-16(13)2)5-9-6-11(17(20)21)3-4-12(9)19/h3-6,17,19-20H,7H2,1-2H3,(H,14,15,18)/b10-5+. The number of hydrogen-bond acceptors (Lipinski definition) is 6. The number of rotatable bonds is 2. The van der Waals surface area contributed by atoms with Crippen molar-refractivity contribution in [1.29, 1.82) is 0 Å². The van der Waals surface area contributed by atoms with Crippen molar-refractivity contribution >= 4 is 23.6 Å². The normalized spacial score (nSPS) is 17.8. The molecule has 1 atom stereocenters. The lowest BCUT2D eigenvalue weighted by Gasteiger charge is -2.13. The Hall–Kier alpha value is -2.42. The van der Waals surface area contributed by atoms with E-state index in [2.05, 4.69) is 10.3 Å². The third kappa shape index (κ3) is 3.57. The number of aliphatic imine (C=N–C) groups is 1. The van der Waals surface area contributed by atoms with Gasteiger partial charge >= 0.3 is 0 Å². The minimum absolute atomic E-state index is 0.0293. The monoisotopic (exact) mass is 292 g/mol. The Bertz CT molecular complexity index is 625. The third-order valence-electron chi connectivity index (χ3n) is 2.89. The quantitative estimate of drug-likeness (QED) is 0.436. The van der Waals surface area contributed by atoms with E-state index in [9.17, 15) is 15.1 Å². The second-order valence-corrected chi connectivity index (χ2v) is 4.69. The molecule has 0 spiro atoms. The number of phenolic OH excluding ortho intramolecular Hbond substituents is 1. The van der Waals surface area contributed by atoms with Gasteiger partial charge < -0.3 is 15.2 Å². The highest BCUT2D eigenvalue weighted by Gasteiger charge is 2.18. The maximum atomic E-state index is 11.0. The van der Waals surface area contributed by atoms with Gasteiger partial charge in [-0.25, -0.2) is 10.2 Å². The van der Waals surface area contributed by atoms with Crippen LogP contribution in [0.1, 0.15) is 12.5 Å². The van der Waals surface area contributed by atoms with Gasteiger partial charge in [0.2, 0.25) is 11.9 Å². The maximum Gasteiger partial charge on any atom is 0.223 e. The predicted octanol–water partition coefficient (Wildman–Crippen LogP) is -0.426. The molecule has 0 aliphatic carbocycles. The molecule has 8 heteroatoms. The van der Waals surface area contributed by atoms with Crippen molar-refractivity contribution in [3.8, 4) is 5.75 Å². The largest absolute Gasteiger partial charge is 0.595 e. The van der Waals surface area contributed by atoms with E-state index in [0.29, 0.717) is 23.8 Å². The first-order chi connectivity index (χ1) is 9.86. The molecule has 112 valence electrons. The summed E-state index contributed by atoms with van der Waals surface area (Å²) >= 11 is 0. The van der Waals surface area contributed by atoms with Gasteiger partial charge in [0.25, 0.3) is 0 Å². The fraction of sp³-hybridized carbons (Fsp3) is 0.231. The fourth-order valence-corrected chi connectivity index (χ4v) is 1.92. The Labute approximate surface area is 121 Å². The first kappa shape index (κ1) is 15.0. The number of hydrogen-bond donors (Lipinski definition) is 4. The molecule has 0 saturated carbocycles. The summed E-state index contributed by atoms with van der Waals surface area (Å²) in [6.07, 6.45) is 1.59. The van der Waals surface area contributed by atoms with E-state index in [0.717, 1.165) is 0 Å². The molecule has 2 rings (SSSR count). The van der Waals surface area contributed by atoms with Crippen LogP contribution in [-0.4, -0.2) is 40.7 Å². The third-order valence-corrected chi connectivity index (χ3v) is 2.89. The van der Waals surface area contributed by atoms with Gasteiger partial charge in [-0.15, -0.1) is 0 Å². The Balaban J connectivity index is 2.30. The zero-order chi connectivity index (χ0) is 15.6. The fourth-order valence-electron chi connectivity index (χ4n) is 1.92. The highest BCUT2D eigenvalue weighted by atomic mass is 16.8. The van der Waals surface area contributed by atoms with Crippen LogP contribution in [0.2, 0.25) is 0 Å². The van der Waals surface area contributed by atoms with Gasteiger partial charge in [0.15, 0.2) is 5.69 Å². The molecule has 1 amide bonds. The van der Waals surface area contributed by atoms with E-state index in [-0.39, 0.29) is 17.3 Å². The van der Waals surface area contributed by atoms with E-state index in [1.165, 1.54) is 25.1 Å². The van der Waals surface area contributed by atoms with Crippen LogP contribution in [0, 0.1) is 5.21 Å². The number of phenols is 1. The summed E-state index contributed by atoms with van der Waals surface area (Å²) < 4.78 is 0. The van der Waals surface area contributed by atoms with Gasteiger partial charge in [-0.05, 0) is 12.1 Å². The molecule has 1 unspecified atom stereocenters. The number of nitrogens with zero attached hydrogens (tertiary/aromatic N) is 2. The van der Waals surface area contributed by atoms with Crippen LogP contribution < -0.4 is 10.5 Å². The lowest BCUT2D eigenvalue weighted by Crippen LogP contribution is -2.99. The lowest BCUT2D eigenvalue weighted by atomic mass is 10.1. The van der Waals surface area contributed by atoms with Crippen LogP contribution in [0.15, 0.2) is 28.9 Å². The molecule has 8 nitrogen and oxygen atoms in total. The molecular formula is C13H16N4O4. The van der Waals surface area contributed by atoms with Crippen LogP contribution in [0.4, 0.5) is 5.69 Å². The summed E-state index contributed by atoms with van der Waals surface area (Å²) in [5.74, 6) is 0.165. The van der Waals surface area contributed by atoms with Crippen LogP contribution in [0.25, 0.3) is 6.08 Å². The number of likely N-dealkylation sites (N-methyl/N-ethyl adjacent to an activating group) is 1. The predicted molar refractivity (Wildman–Crippen MR) is 75.7 cm³/mol. The van der Waals surface area contributed by atoms with Gasteiger partial charge in [-0.1, -0.05) is 0 Å². The highest BCUT2D eigenvalue weighted by Crippen LogP contribution is 2.24. The van der Waals surface area contributed by atoms with Gasteiger partial charge in [0.1, 0.15) is 5.75 Å². The number of nitrogens with one attached hydrogen (secondary N) is 2. The van der Waals surface area contributed by atoms with Crippen molar-refractivity contribution in [2.75, 3.05) is 13.6 Å². The summed E-state index contributed by atoms with van der Waals surface area (Å²) in [4.78, 5) is 17.0. The first-order valence-corrected chi connectivity index (χ1v) is 6.21. The van der Waals surface area contributed by atoms with Crippen molar-refractivity contribution in [3.05, 3.63) is 34.7 Å². The minimum atomic E-state index is -1.07. The molecule has 1 aromatic rings. The molecular weight excluding hydrogens is 276 g/mol. The minimum Gasteiger partial charge on any atom is -0.595 e. The summed E-state index contributed by atoms with van der Waals surface area (Å²) in [5.41, 5.74) is 1.06. The van der Waals surface area contributed by atoms with Gasteiger partial charge in [0.05, 0.1) is 12.2 Å². The molecule has 1 aromatic carbocycles. The molecule has 0 aromatic heterocycles. The second kappa shape index (κ2) is 5.92. The highest BCUT2D eigenvalue weighted by molar-refractivity contribution is 5.97. The zero-order valence-corrected chi connectivity index (χ0v) is 11.6. The summed E-state index contributed by atoms with van der Waals surface area (Å²) in [6.45, 7) is 1.84. The van der Waals surface area contributed by atoms with Crippen molar-refractivity contribution in [2.45, 2.75) is 6.92 Å². The topological polar surface area (TPSA) is 113 Å². The SMILES string of the molecule is CC(=O)NC1=N/C(=C/c2cc([NH+]([O-])O)ccc2O)CN1C. The lowest BCUT2D eigenvalue weighted by molar-refractivity contribution is -0.991. The molecule has 0 saturated heterocycles. The average molecular weight is 292 g/mol. The van der Waals surface area contributed by atoms with Gasteiger partial charge in [-0.2, -0.15) is 5.23 Å². The van der Waals surface area contributed by atoms with Crippen LogP contribution in [0.5, 0.6) is 5.75 Å². The maximum absolute atomic E-state index is 11.0. The summed E-state index contributed by atoms with van der Waals surface area (Å²) in [6, 6.07) is 4.02. The Morgan fingerprint density at radius 2 is 2.29 bits per heavy atom. The van der Waals surface area contributed by atoms with E-state index in [1.54, 1.807) is 18.0 Å². The number of quaternary nitrogens is 1. The van der Waals surface area contributed by atoms with Crippen molar-refractivity contribution in [2.24, 2.45) is 4.99 Å². The Morgan fingerprint density at radius 3 is 2.90 bits per heavy atom. The van der Waals surface area contributed by atoms with E-state index >= 15 is 0 Å². The number of amides is 1. The molecule has 1 heterocycles. The van der Waals surface area contributed by atoms with E-state index in [4.69, 9.17) is 5.21 Å². The first-order valence-electron chi connectivity index (χ1n) is 6.21. The summed E-state index contributed by atoms with van der Waals surface area (Å²) in [7, 11) is 1.77.